The highest BCUT2D eigenvalue weighted by atomic mass is 35.5. The molecule has 0 spiro atoms. The van der Waals surface area contributed by atoms with E-state index < -0.39 is 37.6 Å². The average molecular weight is 437 g/mol. The van der Waals surface area contributed by atoms with Gasteiger partial charge in [0, 0.05) is 24.7 Å². The minimum absolute atomic E-state index is 0.226. The average Bonchev–Trinajstić information content (AvgIpc) is 2.60. The Labute approximate surface area is 164 Å². The normalized spacial score (nSPS) is 11.9. The molecular weight excluding hydrogens is 421 g/mol. The zero-order valence-electron chi connectivity index (χ0n) is 14.5. The van der Waals surface area contributed by atoms with Crippen molar-refractivity contribution in [1.29, 1.82) is 0 Å². The van der Waals surface area contributed by atoms with Crippen LogP contribution in [0.5, 0.6) is 5.75 Å². The second-order valence-corrected chi connectivity index (χ2v) is 7.74. The van der Waals surface area contributed by atoms with Crippen molar-refractivity contribution in [2.45, 2.75) is 17.5 Å². The Morgan fingerprint density at radius 2 is 1.89 bits per heavy atom. The number of rotatable bonds is 7. The van der Waals surface area contributed by atoms with Crippen molar-refractivity contribution in [1.82, 2.24) is 4.72 Å². The van der Waals surface area contributed by atoms with Gasteiger partial charge in [-0.25, -0.2) is 13.1 Å². The van der Waals surface area contributed by atoms with Crippen LogP contribution in [0.2, 0.25) is 5.02 Å². The predicted octanol–water partition coefficient (Wildman–Crippen LogP) is 3.67. The maximum absolute atomic E-state index is 12.9. The van der Waals surface area contributed by atoms with E-state index in [1.807, 2.05) is 0 Å². The summed E-state index contributed by atoms with van der Waals surface area (Å²) in [6, 6.07) is 8.80. The number of alkyl halides is 3. The Balaban J connectivity index is 1.99. The van der Waals surface area contributed by atoms with E-state index in [4.69, 9.17) is 16.3 Å². The third kappa shape index (κ3) is 5.85. The van der Waals surface area contributed by atoms with Crippen molar-refractivity contribution in [3.05, 3.63) is 53.1 Å². The lowest BCUT2D eigenvalue weighted by molar-refractivity contribution is -0.137. The fourth-order valence-electron chi connectivity index (χ4n) is 2.20. The van der Waals surface area contributed by atoms with Gasteiger partial charge in [-0.2, -0.15) is 13.2 Å². The van der Waals surface area contributed by atoms with Gasteiger partial charge in [0.1, 0.15) is 5.75 Å². The van der Waals surface area contributed by atoms with Crippen LogP contribution in [0.4, 0.5) is 18.9 Å². The molecule has 0 aliphatic carbocycles. The van der Waals surface area contributed by atoms with E-state index in [1.165, 1.54) is 7.11 Å². The largest absolute Gasteiger partial charge is 0.497 e. The summed E-state index contributed by atoms with van der Waals surface area (Å²) in [5, 5.41) is 1.95. The van der Waals surface area contributed by atoms with Gasteiger partial charge in [-0.1, -0.05) is 17.7 Å². The molecule has 28 heavy (non-hydrogen) atoms. The summed E-state index contributed by atoms with van der Waals surface area (Å²) >= 11 is 5.48. The second-order valence-electron chi connectivity index (χ2n) is 5.57. The molecule has 2 aromatic rings. The van der Waals surface area contributed by atoms with Crippen LogP contribution in [0.15, 0.2) is 47.4 Å². The van der Waals surface area contributed by atoms with Crippen molar-refractivity contribution in [3.63, 3.8) is 0 Å². The molecule has 1 amide bonds. The molecule has 0 aliphatic rings. The first-order valence-electron chi connectivity index (χ1n) is 7.83. The van der Waals surface area contributed by atoms with Crippen LogP contribution in [0.1, 0.15) is 12.0 Å². The van der Waals surface area contributed by atoms with Crippen LogP contribution < -0.4 is 14.8 Å². The van der Waals surface area contributed by atoms with E-state index in [9.17, 15) is 26.4 Å². The van der Waals surface area contributed by atoms with Crippen LogP contribution in [0, 0.1) is 0 Å². The molecule has 0 bridgehead atoms. The van der Waals surface area contributed by atoms with Crippen LogP contribution in [-0.4, -0.2) is 28.0 Å². The first-order chi connectivity index (χ1) is 13.0. The van der Waals surface area contributed by atoms with Crippen LogP contribution in [0.3, 0.4) is 0 Å². The molecule has 0 saturated heterocycles. The van der Waals surface area contributed by atoms with Crippen molar-refractivity contribution in [2.75, 3.05) is 19.0 Å². The summed E-state index contributed by atoms with van der Waals surface area (Å²) in [6.07, 6.45) is -5.02. The van der Waals surface area contributed by atoms with Crippen molar-refractivity contribution >= 4 is 33.2 Å². The monoisotopic (exact) mass is 436 g/mol. The summed E-state index contributed by atoms with van der Waals surface area (Å²) < 4.78 is 70.1. The van der Waals surface area contributed by atoms with Crippen molar-refractivity contribution in [3.8, 4) is 5.75 Å². The lowest BCUT2D eigenvalue weighted by Gasteiger charge is -2.12. The number of carbonyl (C=O) groups excluding carboxylic acids is 1. The smallest absolute Gasteiger partial charge is 0.417 e. The number of anilines is 1. The lowest BCUT2D eigenvalue weighted by atomic mass is 10.2. The summed E-state index contributed by atoms with van der Waals surface area (Å²) in [4.78, 5) is 11.3. The van der Waals surface area contributed by atoms with Gasteiger partial charge in [0.25, 0.3) is 0 Å². The fraction of sp³-hybridized carbons (Fsp3) is 0.235. The van der Waals surface area contributed by atoms with Gasteiger partial charge in [0.15, 0.2) is 0 Å². The molecule has 0 fully saturated rings. The van der Waals surface area contributed by atoms with Crippen molar-refractivity contribution in [2.24, 2.45) is 0 Å². The predicted molar refractivity (Wildman–Crippen MR) is 97.9 cm³/mol. The highest BCUT2D eigenvalue weighted by Crippen LogP contribution is 2.35. The Morgan fingerprint density at radius 1 is 1.18 bits per heavy atom. The van der Waals surface area contributed by atoms with Gasteiger partial charge >= 0.3 is 6.18 Å². The van der Waals surface area contributed by atoms with E-state index in [-0.39, 0.29) is 13.0 Å². The molecule has 0 radical (unpaired) electrons. The van der Waals surface area contributed by atoms with E-state index in [1.54, 1.807) is 24.3 Å². The van der Waals surface area contributed by atoms with E-state index >= 15 is 0 Å². The molecule has 11 heteroatoms. The Morgan fingerprint density at radius 3 is 2.54 bits per heavy atom. The minimum Gasteiger partial charge on any atom is -0.497 e. The molecule has 0 saturated carbocycles. The summed E-state index contributed by atoms with van der Waals surface area (Å²) in [5.74, 6) is 0.0461. The quantitative estimate of drug-likeness (QED) is 0.693. The minimum atomic E-state index is -4.79. The van der Waals surface area contributed by atoms with Gasteiger partial charge in [0.05, 0.1) is 22.6 Å². The van der Waals surface area contributed by atoms with Gasteiger partial charge in [-0.3, -0.25) is 4.79 Å². The number of ether oxygens (including phenoxy) is 1. The molecule has 0 unspecified atom stereocenters. The number of benzene rings is 2. The summed E-state index contributed by atoms with van der Waals surface area (Å²) in [5.41, 5.74) is -0.799. The van der Waals surface area contributed by atoms with Gasteiger partial charge < -0.3 is 10.1 Å². The molecule has 0 heterocycles. The van der Waals surface area contributed by atoms with Crippen molar-refractivity contribution < 1.29 is 31.1 Å². The lowest BCUT2D eigenvalue weighted by Crippen LogP contribution is -2.28. The Hall–Kier alpha value is -2.30. The molecule has 2 N–H and O–H groups in total. The molecule has 2 aromatic carbocycles. The molecule has 152 valence electrons. The van der Waals surface area contributed by atoms with Crippen LogP contribution in [-0.2, 0) is 21.0 Å². The zero-order chi connectivity index (χ0) is 20.9. The van der Waals surface area contributed by atoms with E-state index in [0.717, 1.165) is 12.1 Å². The third-order valence-electron chi connectivity index (χ3n) is 3.55. The van der Waals surface area contributed by atoms with Gasteiger partial charge in [0.2, 0.25) is 15.9 Å². The van der Waals surface area contributed by atoms with Crippen LogP contribution >= 0.6 is 11.6 Å². The van der Waals surface area contributed by atoms with Gasteiger partial charge in [-0.15, -0.1) is 0 Å². The topological polar surface area (TPSA) is 84.5 Å². The second kappa shape index (κ2) is 8.80. The number of halogens is 4. The number of amides is 1. The number of nitrogens with one attached hydrogen (secondary N) is 2. The number of carbonyl (C=O) groups is 1. The highest BCUT2D eigenvalue weighted by molar-refractivity contribution is 7.89. The molecule has 0 aromatic heterocycles. The number of methoxy groups -OCH3 is 1. The number of hydrogen-bond donors (Lipinski definition) is 2. The first kappa shape index (κ1) is 22.0. The maximum Gasteiger partial charge on any atom is 0.417 e. The first-order valence-corrected chi connectivity index (χ1v) is 9.69. The molecule has 0 atom stereocenters. The number of hydrogen-bond acceptors (Lipinski definition) is 4. The SMILES string of the molecule is COc1cccc(NC(=O)CCNS(=O)(=O)c2ccc(Cl)c(C(F)(F)F)c2)c1. The molecule has 2 rings (SSSR count). The molecular formula is C17H16ClF3N2O4S. The standard InChI is InChI=1S/C17H16ClF3N2O4S/c1-27-12-4-2-3-11(9-12)23-16(24)7-8-22-28(25,26)13-5-6-15(18)14(10-13)17(19,20)21/h2-6,9-10,22H,7-8H2,1H3,(H,23,24). The third-order valence-corrected chi connectivity index (χ3v) is 5.34. The molecule has 6 nitrogen and oxygen atoms in total. The highest BCUT2D eigenvalue weighted by Gasteiger charge is 2.34. The van der Waals surface area contributed by atoms with E-state index in [2.05, 4.69) is 10.0 Å². The van der Waals surface area contributed by atoms with E-state index in [0.29, 0.717) is 17.5 Å². The molecule has 0 aliphatic heterocycles. The fourth-order valence-corrected chi connectivity index (χ4v) is 3.48. The maximum atomic E-state index is 12.9. The van der Waals surface area contributed by atoms with Crippen LogP contribution in [0.25, 0.3) is 0 Å². The Kier molecular flexibility index (Phi) is 6.91. The Bertz CT molecular complexity index is 965. The summed E-state index contributed by atoms with van der Waals surface area (Å²) in [6.45, 7) is -0.303. The zero-order valence-corrected chi connectivity index (χ0v) is 16.1. The number of sulfonamides is 1. The summed E-state index contributed by atoms with van der Waals surface area (Å²) in [7, 11) is -2.78. The van der Waals surface area contributed by atoms with Gasteiger partial charge in [-0.05, 0) is 30.3 Å².